The highest BCUT2D eigenvalue weighted by molar-refractivity contribution is 9.10. The summed E-state index contributed by atoms with van der Waals surface area (Å²) < 4.78 is 26.7. The molecular weight excluding hydrogens is 518 g/mol. The molecule has 0 radical (unpaired) electrons. The van der Waals surface area contributed by atoms with Gasteiger partial charge in [0.05, 0.1) is 10.6 Å². The number of hydrogen-bond donors (Lipinski definition) is 0. The van der Waals surface area contributed by atoms with Gasteiger partial charge in [-0.2, -0.15) is 0 Å². The molecule has 2 aromatic carbocycles. The Kier molecular flexibility index (Phi) is 7.05. The molecule has 2 heterocycles. The molecule has 2 aliphatic heterocycles. The standard InChI is InChI=1S/C25H30BrN3O4S/c1-17-5-4-6-22(18(17)2)27-10-12-28(13-11-27)25(31)8-14-34(32,33)24-16-23-20(15-21(24)26)7-9-29(23)19(3)30/h4-6,15-16H,7-14H2,1-3H3. The molecule has 0 atom stereocenters. The first-order valence-electron chi connectivity index (χ1n) is 11.5. The van der Waals surface area contributed by atoms with Gasteiger partial charge in [0, 0.05) is 61.9 Å². The van der Waals surface area contributed by atoms with Gasteiger partial charge in [-0.15, -0.1) is 0 Å². The van der Waals surface area contributed by atoms with E-state index in [1.165, 1.54) is 23.7 Å². The van der Waals surface area contributed by atoms with Gasteiger partial charge in [-0.3, -0.25) is 9.59 Å². The summed E-state index contributed by atoms with van der Waals surface area (Å²) in [6, 6.07) is 9.59. The van der Waals surface area contributed by atoms with Crippen molar-refractivity contribution in [1.82, 2.24) is 4.90 Å². The summed E-state index contributed by atoms with van der Waals surface area (Å²) in [6.07, 6.45) is 0.631. The molecule has 2 amide bonds. The molecule has 1 saturated heterocycles. The minimum atomic E-state index is -3.70. The van der Waals surface area contributed by atoms with E-state index in [0.717, 1.165) is 18.7 Å². The fourth-order valence-electron chi connectivity index (χ4n) is 4.72. The van der Waals surface area contributed by atoms with E-state index in [9.17, 15) is 18.0 Å². The van der Waals surface area contributed by atoms with E-state index in [-0.39, 0.29) is 28.9 Å². The summed E-state index contributed by atoms with van der Waals surface area (Å²) in [6.45, 7) is 8.82. The molecule has 2 aliphatic rings. The molecule has 182 valence electrons. The first kappa shape index (κ1) is 24.7. The van der Waals surface area contributed by atoms with Gasteiger partial charge < -0.3 is 14.7 Å². The second kappa shape index (κ2) is 9.70. The number of piperazine rings is 1. The summed E-state index contributed by atoms with van der Waals surface area (Å²) in [5.41, 5.74) is 5.26. The van der Waals surface area contributed by atoms with Gasteiger partial charge in [-0.25, -0.2) is 8.42 Å². The fraction of sp³-hybridized carbons (Fsp3) is 0.440. The van der Waals surface area contributed by atoms with Crippen LogP contribution in [0.5, 0.6) is 0 Å². The van der Waals surface area contributed by atoms with Crippen LogP contribution in [0.1, 0.15) is 30.0 Å². The monoisotopic (exact) mass is 547 g/mol. The quantitative estimate of drug-likeness (QED) is 0.572. The number of rotatable bonds is 5. The van der Waals surface area contributed by atoms with Crippen LogP contribution in [0.2, 0.25) is 0 Å². The highest BCUT2D eigenvalue weighted by Gasteiger charge is 2.29. The van der Waals surface area contributed by atoms with E-state index < -0.39 is 9.84 Å². The highest BCUT2D eigenvalue weighted by Crippen LogP contribution is 2.36. The van der Waals surface area contributed by atoms with Gasteiger partial charge in [0.1, 0.15) is 0 Å². The lowest BCUT2D eigenvalue weighted by molar-refractivity contribution is -0.131. The Balaban J connectivity index is 1.39. The average molecular weight is 549 g/mol. The average Bonchev–Trinajstić information content (AvgIpc) is 3.22. The summed E-state index contributed by atoms with van der Waals surface area (Å²) in [5, 5.41) is 0. The van der Waals surface area contributed by atoms with Crippen LogP contribution < -0.4 is 9.80 Å². The zero-order valence-corrected chi connectivity index (χ0v) is 22.2. The van der Waals surface area contributed by atoms with Crippen molar-refractivity contribution in [3.8, 4) is 0 Å². The van der Waals surface area contributed by atoms with Crippen LogP contribution in [-0.2, 0) is 25.8 Å². The molecule has 34 heavy (non-hydrogen) atoms. The van der Waals surface area contributed by atoms with E-state index in [2.05, 4.69) is 46.8 Å². The predicted octanol–water partition coefficient (Wildman–Crippen LogP) is 3.49. The van der Waals surface area contributed by atoms with Crippen molar-refractivity contribution < 1.29 is 18.0 Å². The normalized spacial score (nSPS) is 16.1. The lowest BCUT2D eigenvalue weighted by atomic mass is 10.1. The van der Waals surface area contributed by atoms with Crippen LogP contribution in [0, 0.1) is 13.8 Å². The van der Waals surface area contributed by atoms with Crippen molar-refractivity contribution in [3.63, 3.8) is 0 Å². The molecule has 0 unspecified atom stereocenters. The van der Waals surface area contributed by atoms with E-state index >= 15 is 0 Å². The topological polar surface area (TPSA) is 78.0 Å². The molecule has 0 aliphatic carbocycles. The molecule has 1 fully saturated rings. The molecular formula is C25H30BrN3O4S. The van der Waals surface area contributed by atoms with Crippen molar-refractivity contribution in [2.45, 2.75) is 38.5 Å². The third-order valence-corrected chi connectivity index (χ3v) is 9.55. The number of fused-ring (bicyclic) bond motifs is 1. The van der Waals surface area contributed by atoms with E-state index in [0.29, 0.717) is 36.2 Å². The summed E-state index contributed by atoms with van der Waals surface area (Å²) in [7, 11) is -3.70. The number of nitrogens with zero attached hydrogens (tertiary/aromatic N) is 3. The Morgan fingerprint density at radius 1 is 1.00 bits per heavy atom. The SMILES string of the molecule is CC(=O)N1CCc2cc(Br)c(S(=O)(=O)CCC(=O)N3CCN(c4cccc(C)c4C)CC3)cc21. The molecule has 0 aromatic heterocycles. The summed E-state index contributed by atoms with van der Waals surface area (Å²) in [4.78, 5) is 30.5. The molecule has 0 bridgehead atoms. The molecule has 0 saturated carbocycles. The fourth-order valence-corrected chi connectivity index (χ4v) is 7.16. The maximum absolute atomic E-state index is 13.1. The third-order valence-electron chi connectivity index (χ3n) is 6.88. The number of sulfone groups is 1. The Bertz CT molecular complexity index is 1240. The van der Waals surface area contributed by atoms with Gasteiger partial charge >= 0.3 is 0 Å². The molecule has 9 heteroatoms. The molecule has 2 aromatic rings. The van der Waals surface area contributed by atoms with Crippen molar-refractivity contribution in [1.29, 1.82) is 0 Å². The van der Waals surface area contributed by atoms with Gasteiger partial charge in [0.25, 0.3) is 0 Å². The maximum Gasteiger partial charge on any atom is 0.223 e. The van der Waals surface area contributed by atoms with Crippen molar-refractivity contribution >= 4 is 49.0 Å². The molecule has 0 spiro atoms. The Hall–Kier alpha value is -2.39. The van der Waals surface area contributed by atoms with Crippen LogP contribution in [0.15, 0.2) is 39.7 Å². The third kappa shape index (κ3) is 4.86. The van der Waals surface area contributed by atoms with E-state index in [1.54, 1.807) is 21.9 Å². The molecule has 4 rings (SSSR count). The second-order valence-corrected chi connectivity index (χ2v) is 11.9. The van der Waals surface area contributed by atoms with E-state index in [4.69, 9.17) is 0 Å². The van der Waals surface area contributed by atoms with Crippen LogP contribution in [-0.4, -0.2) is 63.6 Å². The second-order valence-electron chi connectivity index (χ2n) is 8.99. The number of halogens is 1. The Morgan fingerprint density at radius 2 is 1.71 bits per heavy atom. The Labute approximate surface area is 209 Å². The number of aryl methyl sites for hydroxylation is 1. The van der Waals surface area contributed by atoms with Crippen LogP contribution in [0.4, 0.5) is 11.4 Å². The highest BCUT2D eigenvalue weighted by atomic mass is 79.9. The van der Waals surface area contributed by atoms with Gasteiger partial charge in [0.2, 0.25) is 11.8 Å². The van der Waals surface area contributed by atoms with Gasteiger partial charge in [-0.1, -0.05) is 12.1 Å². The lowest BCUT2D eigenvalue weighted by Crippen LogP contribution is -2.49. The largest absolute Gasteiger partial charge is 0.368 e. The van der Waals surface area contributed by atoms with Crippen LogP contribution in [0.3, 0.4) is 0 Å². The maximum atomic E-state index is 13.1. The van der Waals surface area contributed by atoms with E-state index in [1.807, 2.05) is 6.07 Å². The smallest absolute Gasteiger partial charge is 0.223 e. The number of benzene rings is 2. The van der Waals surface area contributed by atoms with Gasteiger partial charge in [-0.05, 0) is 71.1 Å². The first-order valence-corrected chi connectivity index (χ1v) is 14.0. The number of amides is 2. The molecule has 7 nitrogen and oxygen atoms in total. The number of hydrogen-bond acceptors (Lipinski definition) is 5. The predicted molar refractivity (Wildman–Crippen MR) is 137 cm³/mol. The minimum absolute atomic E-state index is 0.0637. The van der Waals surface area contributed by atoms with Gasteiger partial charge in [0.15, 0.2) is 9.84 Å². The van der Waals surface area contributed by atoms with Crippen molar-refractivity contribution in [2.24, 2.45) is 0 Å². The first-order chi connectivity index (χ1) is 16.1. The van der Waals surface area contributed by atoms with Crippen molar-refractivity contribution in [3.05, 3.63) is 51.5 Å². The zero-order chi connectivity index (χ0) is 24.6. The minimum Gasteiger partial charge on any atom is -0.368 e. The Morgan fingerprint density at radius 3 is 2.38 bits per heavy atom. The number of carbonyl (C=O) groups is 2. The lowest BCUT2D eigenvalue weighted by Gasteiger charge is -2.37. The number of anilines is 2. The summed E-state index contributed by atoms with van der Waals surface area (Å²) >= 11 is 3.38. The summed E-state index contributed by atoms with van der Waals surface area (Å²) in [5.74, 6) is -0.521. The van der Waals surface area contributed by atoms with Crippen LogP contribution in [0.25, 0.3) is 0 Å². The van der Waals surface area contributed by atoms with Crippen molar-refractivity contribution in [2.75, 3.05) is 48.3 Å². The zero-order valence-electron chi connectivity index (χ0n) is 19.8. The van der Waals surface area contributed by atoms with Crippen LogP contribution >= 0.6 is 15.9 Å². The number of carbonyl (C=O) groups excluding carboxylic acids is 2. The molecule has 0 N–H and O–H groups in total.